The van der Waals surface area contributed by atoms with Gasteiger partial charge >= 0.3 is 5.97 Å². The van der Waals surface area contributed by atoms with Gasteiger partial charge in [0.2, 0.25) is 6.33 Å². The highest BCUT2D eigenvalue weighted by Crippen LogP contribution is 2.02. The summed E-state index contributed by atoms with van der Waals surface area (Å²) >= 11 is 0. The van der Waals surface area contributed by atoms with Crippen LogP contribution in [0.5, 0.6) is 0 Å². The van der Waals surface area contributed by atoms with E-state index >= 15 is 0 Å². The molecule has 0 saturated heterocycles. The highest BCUT2D eigenvalue weighted by atomic mass is 16.5. The summed E-state index contributed by atoms with van der Waals surface area (Å²) in [5, 5.41) is 12.9. The molecule has 1 unspecified atom stereocenters. The van der Waals surface area contributed by atoms with Gasteiger partial charge in [0.05, 0.1) is 13.1 Å². The van der Waals surface area contributed by atoms with E-state index in [-0.39, 0.29) is 6.61 Å². The van der Waals surface area contributed by atoms with Crippen LogP contribution in [0.4, 0.5) is 0 Å². The number of unbranched alkanes of at least 4 members (excludes halogenated alkanes) is 4. The summed E-state index contributed by atoms with van der Waals surface area (Å²) in [6.45, 7) is 10.6. The van der Waals surface area contributed by atoms with Gasteiger partial charge in [-0.25, -0.2) is 13.9 Å². The first-order valence-electron chi connectivity index (χ1n) is 9.79. The Bertz CT molecular complexity index is 528. The average molecular weight is 367 g/mol. The Morgan fingerprint density at radius 1 is 1.31 bits per heavy atom. The molecule has 6 nitrogen and oxygen atoms in total. The fourth-order valence-corrected chi connectivity index (χ4v) is 2.61. The van der Waals surface area contributed by atoms with Crippen LogP contribution in [0, 0.1) is 0 Å². The third-order valence-corrected chi connectivity index (χ3v) is 4.17. The molecule has 1 atom stereocenters. The van der Waals surface area contributed by atoms with Gasteiger partial charge in [0, 0.05) is 12.1 Å². The number of imidazole rings is 1. The number of aromatic nitrogens is 2. The first kappa shape index (κ1) is 22.4. The Balaban J connectivity index is 2.05. The lowest BCUT2D eigenvalue weighted by Gasteiger charge is -2.12. The molecular weight excluding hydrogens is 330 g/mol. The molecule has 6 heteroatoms. The lowest BCUT2D eigenvalue weighted by Crippen LogP contribution is -2.32. The van der Waals surface area contributed by atoms with Gasteiger partial charge in [0.1, 0.15) is 25.1 Å². The topological polar surface area (TPSA) is 67.4 Å². The van der Waals surface area contributed by atoms with Crippen LogP contribution >= 0.6 is 0 Å². The fraction of sp³-hybridized carbons (Fsp3) is 0.700. The minimum Gasteiger partial charge on any atom is -0.460 e. The summed E-state index contributed by atoms with van der Waals surface area (Å²) in [7, 11) is 0. The van der Waals surface area contributed by atoms with Crippen molar-refractivity contribution in [1.82, 2.24) is 9.88 Å². The molecule has 0 aromatic carbocycles. The Kier molecular flexibility index (Phi) is 11.6. The van der Waals surface area contributed by atoms with E-state index in [0.717, 1.165) is 26.1 Å². The summed E-state index contributed by atoms with van der Waals surface area (Å²) in [5.41, 5.74) is 0.343. The normalized spacial score (nSPS) is 12.1. The third-order valence-electron chi connectivity index (χ3n) is 4.17. The summed E-state index contributed by atoms with van der Waals surface area (Å²) < 4.78 is 9.36. The van der Waals surface area contributed by atoms with E-state index in [1.165, 1.54) is 32.1 Å². The molecule has 1 heterocycles. The number of carbonyl (C=O) groups excluding carboxylic acids is 1. The standard InChI is InChI=1S/C20H36N3O3/c1-4-5-6-7-8-11-22-13-14-23(17-22)12-9-10-21-15-19(24)16-26-20(25)18(2)3/h13-14,17,19,21,24H,2,4-12,15-16H2,1,3H3/q+1. The largest absolute Gasteiger partial charge is 0.460 e. The summed E-state index contributed by atoms with van der Waals surface area (Å²) in [4.78, 5) is 11.2. The van der Waals surface area contributed by atoms with Crippen LogP contribution in [0.3, 0.4) is 0 Å². The van der Waals surface area contributed by atoms with Crippen molar-refractivity contribution < 1.29 is 19.2 Å². The molecule has 0 fully saturated rings. The Hall–Kier alpha value is -1.66. The molecule has 0 aliphatic carbocycles. The predicted octanol–water partition coefficient (Wildman–Crippen LogP) is 2.21. The zero-order valence-corrected chi connectivity index (χ0v) is 16.5. The van der Waals surface area contributed by atoms with Crippen molar-refractivity contribution in [3.05, 3.63) is 30.9 Å². The molecule has 1 aromatic heterocycles. The Morgan fingerprint density at radius 3 is 2.81 bits per heavy atom. The molecule has 2 N–H and O–H groups in total. The number of aliphatic hydroxyl groups is 1. The van der Waals surface area contributed by atoms with Crippen LogP contribution < -0.4 is 9.88 Å². The smallest absolute Gasteiger partial charge is 0.333 e. The summed E-state index contributed by atoms with van der Waals surface area (Å²) in [5.74, 6) is -0.463. The first-order chi connectivity index (χ1) is 12.5. The number of nitrogens with one attached hydrogen (secondary N) is 1. The maximum atomic E-state index is 11.2. The van der Waals surface area contributed by atoms with Gasteiger partial charge < -0.3 is 15.2 Å². The van der Waals surface area contributed by atoms with Gasteiger partial charge in [-0.15, -0.1) is 0 Å². The molecule has 148 valence electrons. The van der Waals surface area contributed by atoms with Crippen LogP contribution in [0.15, 0.2) is 30.9 Å². The van der Waals surface area contributed by atoms with E-state index in [1.54, 1.807) is 6.92 Å². The van der Waals surface area contributed by atoms with E-state index in [9.17, 15) is 9.90 Å². The van der Waals surface area contributed by atoms with Crippen molar-refractivity contribution in [3.63, 3.8) is 0 Å². The highest BCUT2D eigenvalue weighted by Gasteiger charge is 2.09. The second-order valence-corrected chi connectivity index (χ2v) is 6.89. The number of aryl methyl sites for hydroxylation is 2. The third kappa shape index (κ3) is 10.4. The zero-order valence-electron chi connectivity index (χ0n) is 16.5. The average Bonchev–Trinajstić information content (AvgIpc) is 3.06. The highest BCUT2D eigenvalue weighted by molar-refractivity contribution is 5.86. The number of hydrogen-bond donors (Lipinski definition) is 2. The lowest BCUT2D eigenvalue weighted by molar-refractivity contribution is -0.696. The van der Waals surface area contributed by atoms with Gasteiger partial charge in [-0.3, -0.25) is 0 Å². The summed E-state index contributed by atoms with van der Waals surface area (Å²) in [6, 6.07) is 0. The van der Waals surface area contributed by atoms with Crippen LogP contribution in [-0.4, -0.2) is 41.4 Å². The quantitative estimate of drug-likeness (QED) is 0.216. The number of carbonyl (C=O) groups is 1. The molecule has 0 amide bonds. The summed E-state index contributed by atoms with van der Waals surface area (Å²) in [6.07, 6.45) is 13.2. The predicted molar refractivity (Wildman–Crippen MR) is 103 cm³/mol. The second kappa shape index (κ2) is 13.5. The molecule has 1 rings (SSSR count). The molecule has 0 bridgehead atoms. The van der Waals surface area contributed by atoms with E-state index in [1.807, 2.05) is 0 Å². The molecule has 0 aliphatic heterocycles. The zero-order chi connectivity index (χ0) is 19.2. The van der Waals surface area contributed by atoms with Gasteiger partial charge in [0.25, 0.3) is 0 Å². The number of esters is 1. The first-order valence-corrected chi connectivity index (χ1v) is 9.79. The SMILES string of the molecule is C=C(C)C(=O)OCC(O)CNCCCn1cc[n+](CCCCCCC)c1. The molecule has 0 aliphatic rings. The van der Waals surface area contributed by atoms with Gasteiger partial charge in [-0.1, -0.05) is 32.8 Å². The maximum absolute atomic E-state index is 11.2. The Labute approximate surface area is 157 Å². The molecule has 0 spiro atoms. The Morgan fingerprint density at radius 2 is 2.08 bits per heavy atom. The minimum absolute atomic E-state index is 0.00541. The van der Waals surface area contributed by atoms with Crippen molar-refractivity contribution >= 4 is 5.97 Å². The molecule has 1 aromatic rings. The molecule has 0 saturated carbocycles. The van der Waals surface area contributed by atoms with Crippen molar-refractivity contribution in [2.24, 2.45) is 0 Å². The van der Waals surface area contributed by atoms with Crippen LogP contribution in [0.1, 0.15) is 52.4 Å². The van der Waals surface area contributed by atoms with E-state index < -0.39 is 12.1 Å². The number of rotatable bonds is 15. The van der Waals surface area contributed by atoms with E-state index in [4.69, 9.17) is 4.74 Å². The second-order valence-electron chi connectivity index (χ2n) is 6.89. The van der Waals surface area contributed by atoms with E-state index in [2.05, 4.69) is 46.7 Å². The van der Waals surface area contributed by atoms with Crippen LogP contribution in [-0.2, 0) is 22.6 Å². The monoisotopic (exact) mass is 366 g/mol. The number of aliphatic hydroxyl groups excluding tert-OH is 1. The fourth-order valence-electron chi connectivity index (χ4n) is 2.61. The molecule has 0 radical (unpaired) electrons. The van der Waals surface area contributed by atoms with Crippen molar-refractivity contribution in [1.29, 1.82) is 0 Å². The van der Waals surface area contributed by atoms with Crippen LogP contribution in [0.2, 0.25) is 0 Å². The van der Waals surface area contributed by atoms with Crippen molar-refractivity contribution in [2.45, 2.75) is 71.6 Å². The van der Waals surface area contributed by atoms with Gasteiger partial charge in [-0.2, -0.15) is 0 Å². The van der Waals surface area contributed by atoms with Gasteiger partial charge in [0.15, 0.2) is 0 Å². The maximum Gasteiger partial charge on any atom is 0.333 e. The molecule has 26 heavy (non-hydrogen) atoms. The number of hydrogen-bond acceptors (Lipinski definition) is 4. The molecular formula is C20H36N3O3+. The lowest BCUT2D eigenvalue weighted by atomic mass is 10.1. The number of ether oxygens (including phenoxy) is 1. The van der Waals surface area contributed by atoms with Crippen molar-refractivity contribution in [3.8, 4) is 0 Å². The van der Waals surface area contributed by atoms with Crippen LogP contribution in [0.25, 0.3) is 0 Å². The van der Waals surface area contributed by atoms with Gasteiger partial charge in [-0.05, 0) is 32.7 Å². The number of nitrogens with zero attached hydrogens (tertiary/aromatic N) is 2. The van der Waals surface area contributed by atoms with E-state index in [0.29, 0.717) is 12.1 Å². The van der Waals surface area contributed by atoms with Crippen molar-refractivity contribution in [2.75, 3.05) is 19.7 Å². The minimum atomic E-state index is -0.695.